The monoisotopic (exact) mass is 507 g/mol. The van der Waals surface area contributed by atoms with Gasteiger partial charge >= 0.3 is 0 Å². The van der Waals surface area contributed by atoms with Crippen molar-refractivity contribution in [3.05, 3.63) is 64.8 Å². The molecule has 1 aromatic heterocycles. The SMILES string of the molecule is COc1cc(C)c2[nH]ccc2c1CN1CCC2(C[C@@H]1c1ccc(C(=O)NC3CCC3)cc1)CC(F)(F)C2. The number of benzene rings is 2. The fraction of sp³-hybridized carbons (Fsp3) is 0.500. The third-order valence-corrected chi connectivity index (χ3v) is 8.95. The normalized spacial score (nSPS) is 23.0. The van der Waals surface area contributed by atoms with Gasteiger partial charge in [0.2, 0.25) is 5.92 Å². The maximum atomic E-state index is 14.0. The van der Waals surface area contributed by atoms with E-state index in [1.807, 2.05) is 30.5 Å². The van der Waals surface area contributed by atoms with E-state index in [4.69, 9.17) is 4.74 Å². The van der Waals surface area contributed by atoms with E-state index in [1.54, 1.807) is 7.11 Å². The van der Waals surface area contributed by atoms with Crippen LogP contribution in [0.15, 0.2) is 42.6 Å². The fourth-order valence-corrected chi connectivity index (χ4v) is 6.72. The van der Waals surface area contributed by atoms with E-state index in [2.05, 4.69) is 34.3 Å². The summed E-state index contributed by atoms with van der Waals surface area (Å²) in [7, 11) is 1.70. The highest BCUT2D eigenvalue weighted by Gasteiger charge is 2.58. The Hall–Kier alpha value is -2.93. The number of aromatic nitrogens is 1. The summed E-state index contributed by atoms with van der Waals surface area (Å²) in [4.78, 5) is 18.4. The summed E-state index contributed by atoms with van der Waals surface area (Å²) in [6.45, 7) is 3.48. The molecule has 3 aliphatic rings. The zero-order valence-corrected chi connectivity index (χ0v) is 21.6. The number of piperidine rings is 1. The molecule has 37 heavy (non-hydrogen) atoms. The number of likely N-dealkylation sites (tertiary alicyclic amines) is 1. The Morgan fingerprint density at radius 1 is 1.19 bits per heavy atom. The number of carbonyl (C=O) groups excluding carboxylic acids is 1. The van der Waals surface area contributed by atoms with E-state index in [0.29, 0.717) is 18.5 Å². The van der Waals surface area contributed by atoms with Crippen molar-refractivity contribution in [1.29, 1.82) is 0 Å². The van der Waals surface area contributed by atoms with Gasteiger partial charge in [0.25, 0.3) is 5.91 Å². The first-order valence-electron chi connectivity index (χ1n) is 13.4. The Morgan fingerprint density at radius 2 is 1.95 bits per heavy atom. The number of aromatic amines is 1. The third-order valence-electron chi connectivity index (χ3n) is 8.95. The summed E-state index contributed by atoms with van der Waals surface area (Å²) < 4.78 is 33.8. The molecule has 6 rings (SSSR count). The molecule has 196 valence electrons. The number of hydrogen-bond acceptors (Lipinski definition) is 3. The fourth-order valence-electron chi connectivity index (χ4n) is 6.72. The van der Waals surface area contributed by atoms with Gasteiger partial charge < -0.3 is 15.0 Å². The smallest absolute Gasteiger partial charge is 0.251 e. The highest BCUT2D eigenvalue weighted by Crippen LogP contribution is 2.60. The maximum absolute atomic E-state index is 14.0. The van der Waals surface area contributed by atoms with Crippen molar-refractivity contribution in [2.24, 2.45) is 5.41 Å². The number of alkyl halides is 2. The lowest BCUT2D eigenvalue weighted by molar-refractivity contribution is -0.186. The largest absolute Gasteiger partial charge is 0.496 e. The van der Waals surface area contributed by atoms with Gasteiger partial charge in [-0.25, -0.2) is 8.78 Å². The molecule has 1 atom stereocenters. The summed E-state index contributed by atoms with van der Waals surface area (Å²) >= 11 is 0. The summed E-state index contributed by atoms with van der Waals surface area (Å²) in [6, 6.07) is 12.2. The Balaban J connectivity index is 1.29. The predicted octanol–water partition coefficient (Wildman–Crippen LogP) is 6.52. The van der Waals surface area contributed by atoms with Gasteiger partial charge in [-0.1, -0.05) is 12.1 Å². The number of halogens is 2. The number of methoxy groups -OCH3 is 1. The molecule has 2 aromatic carbocycles. The Bertz CT molecular complexity index is 1300. The lowest BCUT2D eigenvalue weighted by Crippen LogP contribution is -2.53. The van der Waals surface area contributed by atoms with Crippen LogP contribution in [0.2, 0.25) is 0 Å². The number of hydrogen-bond donors (Lipinski definition) is 2. The Labute approximate surface area is 216 Å². The van der Waals surface area contributed by atoms with Crippen LogP contribution in [0, 0.1) is 12.3 Å². The van der Waals surface area contributed by atoms with Gasteiger partial charge in [0.15, 0.2) is 0 Å². The lowest BCUT2D eigenvalue weighted by atomic mass is 9.59. The molecule has 2 heterocycles. The number of ether oxygens (including phenoxy) is 1. The highest BCUT2D eigenvalue weighted by molar-refractivity contribution is 5.94. The van der Waals surface area contributed by atoms with Crippen LogP contribution in [0.4, 0.5) is 8.78 Å². The van der Waals surface area contributed by atoms with Crippen molar-refractivity contribution in [2.45, 2.75) is 76.4 Å². The van der Waals surface area contributed by atoms with E-state index < -0.39 is 5.92 Å². The first-order chi connectivity index (χ1) is 17.8. The van der Waals surface area contributed by atoms with Crippen LogP contribution in [-0.2, 0) is 6.54 Å². The quantitative estimate of drug-likeness (QED) is 0.399. The molecule has 1 aliphatic heterocycles. The number of nitrogens with zero attached hydrogens (tertiary/aromatic N) is 1. The molecule has 2 N–H and O–H groups in total. The van der Waals surface area contributed by atoms with Crippen LogP contribution in [-0.4, -0.2) is 41.4 Å². The number of H-pyrrole nitrogens is 1. The summed E-state index contributed by atoms with van der Waals surface area (Å²) in [5.74, 6) is -1.74. The van der Waals surface area contributed by atoms with Crippen molar-refractivity contribution >= 4 is 16.8 Å². The van der Waals surface area contributed by atoms with Crippen molar-refractivity contribution in [3.8, 4) is 5.75 Å². The lowest BCUT2D eigenvalue weighted by Gasteiger charge is -2.54. The summed E-state index contributed by atoms with van der Waals surface area (Å²) in [5.41, 5.74) is 4.75. The van der Waals surface area contributed by atoms with E-state index in [-0.39, 0.29) is 36.2 Å². The number of rotatable bonds is 6. The molecule has 0 unspecified atom stereocenters. The number of carbonyl (C=O) groups is 1. The second-order valence-corrected chi connectivity index (χ2v) is 11.5. The standard InChI is InChI=1S/C30H35F2N3O2/c1-19-14-26(37-2)24(23-10-12-33-27(19)23)16-35-13-11-29(17-30(31,32)18-29)15-25(35)20-6-8-21(9-7-20)28(36)34-22-4-3-5-22/h6-10,12,14,22,25,33H,3-5,11,13,15-18H2,1-2H3,(H,34,36)/t25-/m1/s1. The molecule has 3 fully saturated rings. The van der Waals surface area contributed by atoms with Gasteiger partial charge in [-0.05, 0) is 86.4 Å². The minimum absolute atomic E-state index is 0.00593. The van der Waals surface area contributed by atoms with E-state index >= 15 is 0 Å². The molecular weight excluding hydrogens is 472 g/mol. The molecule has 7 heteroatoms. The number of amides is 1. The zero-order chi connectivity index (χ0) is 25.8. The second kappa shape index (κ2) is 9.12. The van der Waals surface area contributed by atoms with Crippen molar-refractivity contribution in [1.82, 2.24) is 15.2 Å². The van der Waals surface area contributed by atoms with E-state index in [1.165, 1.54) is 6.42 Å². The van der Waals surface area contributed by atoms with Gasteiger partial charge in [-0.3, -0.25) is 9.69 Å². The van der Waals surface area contributed by atoms with Crippen molar-refractivity contribution < 1.29 is 18.3 Å². The maximum Gasteiger partial charge on any atom is 0.251 e. The number of aryl methyl sites for hydroxylation is 1. The molecule has 5 nitrogen and oxygen atoms in total. The van der Waals surface area contributed by atoms with Crippen LogP contribution < -0.4 is 10.1 Å². The van der Waals surface area contributed by atoms with Gasteiger partial charge in [0, 0.05) is 59.7 Å². The molecule has 0 radical (unpaired) electrons. The average molecular weight is 508 g/mol. The molecule has 2 aliphatic carbocycles. The van der Waals surface area contributed by atoms with Crippen LogP contribution in [0.25, 0.3) is 10.9 Å². The molecule has 1 spiro atoms. The van der Waals surface area contributed by atoms with Gasteiger partial charge in [0.05, 0.1) is 7.11 Å². The van der Waals surface area contributed by atoms with Crippen molar-refractivity contribution in [2.75, 3.05) is 13.7 Å². The Kier molecular flexibility index (Phi) is 6.02. The minimum atomic E-state index is -2.55. The van der Waals surface area contributed by atoms with Gasteiger partial charge in [-0.15, -0.1) is 0 Å². The molecule has 0 bridgehead atoms. The molecule has 2 saturated carbocycles. The third kappa shape index (κ3) is 4.52. The van der Waals surface area contributed by atoms with Gasteiger partial charge in [0.1, 0.15) is 5.75 Å². The van der Waals surface area contributed by atoms with E-state index in [0.717, 1.165) is 59.2 Å². The van der Waals surface area contributed by atoms with Crippen molar-refractivity contribution in [3.63, 3.8) is 0 Å². The summed E-state index contributed by atoms with van der Waals surface area (Å²) in [5, 5.41) is 4.23. The topological polar surface area (TPSA) is 57.4 Å². The highest BCUT2D eigenvalue weighted by atomic mass is 19.3. The molecule has 1 saturated heterocycles. The predicted molar refractivity (Wildman–Crippen MR) is 140 cm³/mol. The molecule has 3 aromatic rings. The first kappa shape index (κ1) is 24.4. The summed E-state index contributed by atoms with van der Waals surface area (Å²) in [6.07, 6.45) is 6.63. The second-order valence-electron chi connectivity index (χ2n) is 11.5. The number of fused-ring (bicyclic) bond motifs is 1. The van der Waals surface area contributed by atoms with Crippen LogP contribution >= 0.6 is 0 Å². The first-order valence-corrected chi connectivity index (χ1v) is 13.4. The van der Waals surface area contributed by atoms with Gasteiger partial charge in [-0.2, -0.15) is 0 Å². The van der Waals surface area contributed by atoms with Crippen LogP contribution in [0.1, 0.15) is 78.0 Å². The molecular formula is C30H35F2N3O2. The van der Waals surface area contributed by atoms with E-state index in [9.17, 15) is 13.6 Å². The minimum Gasteiger partial charge on any atom is -0.496 e. The van der Waals surface area contributed by atoms with Crippen LogP contribution in [0.5, 0.6) is 5.75 Å². The molecule has 1 amide bonds. The Morgan fingerprint density at radius 3 is 2.59 bits per heavy atom. The number of nitrogens with one attached hydrogen (secondary N) is 2. The van der Waals surface area contributed by atoms with Crippen LogP contribution in [0.3, 0.4) is 0 Å². The average Bonchev–Trinajstić information content (AvgIpc) is 3.33. The zero-order valence-electron chi connectivity index (χ0n) is 21.6.